The van der Waals surface area contributed by atoms with E-state index in [2.05, 4.69) is 16.2 Å². The van der Waals surface area contributed by atoms with Crippen LogP contribution >= 0.6 is 0 Å². The molecule has 1 aromatic rings. The van der Waals surface area contributed by atoms with Gasteiger partial charge in [-0.1, -0.05) is 0 Å². The summed E-state index contributed by atoms with van der Waals surface area (Å²) in [6, 6.07) is 1.85. The predicted octanol–water partition coefficient (Wildman–Crippen LogP) is 0.0227. The number of amides is 2. The van der Waals surface area contributed by atoms with Gasteiger partial charge in [-0.3, -0.25) is 30.6 Å². The maximum atomic E-state index is 13.6. The Kier molecular flexibility index (Phi) is 4.13. The quantitative estimate of drug-likeness (QED) is 0.537. The van der Waals surface area contributed by atoms with Crippen molar-refractivity contribution in [2.24, 2.45) is 5.92 Å². The molecular formula is C12H13FN4O4. The van der Waals surface area contributed by atoms with Crippen molar-refractivity contribution in [3.63, 3.8) is 0 Å². The average Bonchev–Trinajstić information content (AvgIpc) is 2.36. The number of hydrogen-bond donors (Lipinski definition) is 3. The van der Waals surface area contributed by atoms with E-state index in [-0.39, 0.29) is 23.0 Å². The van der Waals surface area contributed by atoms with Crippen molar-refractivity contribution in [2.75, 3.05) is 13.1 Å². The molecule has 0 saturated carbocycles. The van der Waals surface area contributed by atoms with E-state index in [0.717, 1.165) is 12.1 Å². The molecule has 1 aliphatic heterocycles. The largest absolute Gasteiger partial charge is 0.315 e. The molecule has 1 heterocycles. The highest BCUT2D eigenvalue weighted by Crippen LogP contribution is 2.22. The van der Waals surface area contributed by atoms with Gasteiger partial charge in [-0.2, -0.15) is 0 Å². The van der Waals surface area contributed by atoms with Crippen LogP contribution in [-0.4, -0.2) is 29.8 Å². The first-order chi connectivity index (χ1) is 9.90. The van der Waals surface area contributed by atoms with Gasteiger partial charge in [0.2, 0.25) is 5.91 Å². The molecule has 0 radical (unpaired) electrons. The van der Waals surface area contributed by atoms with Crippen LogP contribution in [0, 0.1) is 28.8 Å². The number of rotatable bonds is 3. The monoisotopic (exact) mass is 296 g/mol. The van der Waals surface area contributed by atoms with E-state index in [9.17, 15) is 24.1 Å². The molecule has 0 spiro atoms. The molecule has 0 aliphatic carbocycles. The van der Waals surface area contributed by atoms with Crippen molar-refractivity contribution in [1.82, 2.24) is 16.2 Å². The highest BCUT2D eigenvalue weighted by molar-refractivity contribution is 5.96. The number of nitro benzene ring substituents is 1. The van der Waals surface area contributed by atoms with E-state index >= 15 is 0 Å². The minimum atomic E-state index is -0.858. The predicted molar refractivity (Wildman–Crippen MR) is 69.8 cm³/mol. The summed E-state index contributed by atoms with van der Waals surface area (Å²) in [5, 5.41) is 13.7. The summed E-state index contributed by atoms with van der Waals surface area (Å²) in [4.78, 5) is 33.3. The van der Waals surface area contributed by atoms with Crippen molar-refractivity contribution in [1.29, 1.82) is 0 Å². The van der Waals surface area contributed by atoms with Gasteiger partial charge in [-0.05, 0) is 13.0 Å². The van der Waals surface area contributed by atoms with E-state index < -0.39 is 22.3 Å². The molecule has 21 heavy (non-hydrogen) atoms. The van der Waals surface area contributed by atoms with Gasteiger partial charge < -0.3 is 5.32 Å². The van der Waals surface area contributed by atoms with Crippen LogP contribution in [-0.2, 0) is 4.79 Å². The highest BCUT2D eigenvalue weighted by Gasteiger charge is 2.25. The van der Waals surface area contributed by atoms with Gasteiger partial charge in [0, 0.05) is 19.2 Å². The summed E-state index contributed by atoms with van der Waals surface area (Å²) in [6.45, 7) is 2.29. The number of carbonyl (C=O) groups excluding carboxylic acids is 2. The van der Waals surface area contributed by atoms with Gasteiger partial charge >= 0.3 is 0 Å². The number of nitrogens with one attached hydrogen (secondary N) is 3. The van der Waals surface area contributed by atoms with Crippen LogP contribution in [0.4, 0.5) is 10.1 Å². The lowest BCUT2D eigenvalue weighted by Crippen LogP contribution is -2.54. The number of nitro groups is 1. The highest BCUT2D eigenvalue weighted by atomic mass is 19.1. The zero-order valence-electron chi connectivity index (χ0n) is 11.1. The molecule has 8 nitrogen and oxygen atoms in total. The van der Waals surface area contributed by atoms with Gasteiger partial charge in [0.15, 0.2) is 0 Å². The molecule has 3 N–H and O–H groups in total. The number of halogens is 1. The van der Waals surface area contributed by atoms with Gasteiger partial charge in [0.1, 0.15) is 5.82 Å². The van der Waals surface area contributed by atoms with Crippen molar-refractivity contribution in [3.8, 4) is 0 Å². The van der Waals surface area contributed by atoms with Crippen LogP contribution in [0.1, 0.15) is 15.9 Å². The smallest absolute Gasteiger partial charge is 0.276 e. The van der Waals surface area contributed by atoms with Crippen LogP contribution in [0.15, 0.2) is 12.1 Å². The molecule has 1 aromatic carbocycles. The first kappa shape index (κ1) is 14.9. The molecule has 2 amide bonds. The lowest BCUT2D eigenvalue weighted by molar-refractivity contribution is -0.385. The summed E-state index contributed by atoms with van der Waals surface area (Å²) in [7, 11) is 0. The molecule has 9 heteroatoms. The Morgan fingerprint density at radius 2 is 2.05 bits per heavy atom. The van der Waals surface area contributed by atoms with E-state index in [4.69, 9.17) is 0 Å². The average molecular weight is 296 g/mol. The second-order valence-corrected chi connectivity index (χ2v) is 4.66. The number of hydrogen-bond acceptors (Lipinski definition) is 5. The Morgan fingerprint density at radius 3 is 2.57 bits per heavy atom. The third-order valence-corrected chi connectivity index (χ3v) is 3.23. The minimum Gasteiger partial charge on any atom is -0.315 e. The van der Waals surface area contributed by atoms with Gasteiger partial charge in [0.25, 0.3) is 11.6 Å². The second kappa shape index (κ2) is 5.83. The molecule has 0 atom stereocenters. The van der Waals surface area contributed by atoms with Crippen molar-refractivity contribution >= 4 is 17.5 Å². The summed E-state index contributed by atoms with van der Waals surface area (Å²) in [6.07, 6.45) is 0. The van der Waals surface area contributed by atoms with Crippen molar-refractivity contribution in [3.05, 3.63) is 39.2 Å². The molecule has 1 saturated heterocycles. The molecule has 112 valence electrons. The molecule has 1 fully saturated rings. The van der Waals surface area contributed by atoms with Crippen molar-refractivity contribution < 1.29 is 18.9 Å². The zero-order valence-corrected chi connectivity index (χ0v) is 11.1. The Labute approximate surface area is 118 Å². The molecule has 0 bridgehead atoms. The van der Waals surface area contributed by atoms with Crippen LogP contribution < -0.4 is 16.2 Å². The van der Waals surface area contributed by atoms with Gasteiger partial charge in [-0.25, -0.2) is 4.39 Å². The van der Waals surface area contributed by atoms with Crippen molar-refractivity contribution in [2.45, 2.75) is 6.92 Å². The Morgan fingerprint density at radius 1 is 1.38 bits per heavy atom. The Bertz CT molecular complexity index is 616. The normalized spacial score (nSPS) is 14.2. The number of carbonyl (C=O) groups is 2. The number of benzene rings is 1. The maximum Gasteiger partial charge on any atom is 0.276 e. The van der Waals surface area contributed by atoms with Crippen LogP contribution in [0.3, 0.4) is 0 Å². The summed E-state index contributed by atoms with van der Waals surface area (Å²) < 4.78 is 13.6. The SMILES string of the molecule is Cc1c(F)cc(C(=O)NNC(=O)C2CNC2)cc1[N+](=O)[O-]. The van der Waals surface area contributed by atoms with Crippen LogP contribution in [0.5, 0.6) is 0 Å². The van der Waals surface area contributed by atoms with E-state index in [1.807, 2.05) is 0 Å². The first-order valence-corrected chi connectivity index (χ1v) is 6.15. The number of nitrogens with zero attached hydrogens (tertiary/aromatic N) is 1. The molecule has 1 aliphatic rings. The third-order valence-electron chi connectivity index (χ3n) is 3.23. The minimum absolute atomic E-state index is 0.152. The lowest BCUT2D eigenvalue weighted by Gasteiger charge is -2.25. The fourth-order valence-electron chi connectivity index (χ4n) is 1.75. The summed E-state index contributed by atoms with van der Waals surface area (Å²) >= 11 is 0. The Hall–Kier alpha value is -2.55. The Balaban J connectivity index is 2.08. The summed E-state index contributed by atoms with van der Waals surface area (Å²) in [5.74, 6) is -2.28. The zero-order chi connectivity index (χ0) is 15.6. The topological polar surface area (TPSA) is 113 Å². The fraction of sp³-hybridized carbons (Fsp3) is 0.333. The lowest BCUT2D eigenvalue weighted by atomic mass is 10.0. The molecular weight excluding hydrogens is 283 g/mol. The molecule has 0 aromatic heterocycles. The summed E-state index contributed by atoms with van der Waals surface area (Å²) in [5.41, 5.74) is 3.42. The van der Waals surface area contributed by atoms with Gasteiger partial charge in [-0.15, -0.1) is 0 Å². The standard InChI is InChI=1S/C12H13FN4O4/c1-6-9(13)2-7(3-10(6)17(20)21)11(18)15-16-12(19)8-4-14-5-8/h2-3,8,14H,4-5H2,1H3,(H,15,18)(H,16,19). The molecule has 2 rings (SSSR count). The maximum absolute atomic E-state index is 13.6. The van der Waals surface area contributed by atoms with E-state index in [1.54, 1.807) is 0 Å². The van der Waals surface area contributed by atoms with Crippen LogP contribution in [0.2, 0.25) is 0 Å². The second-order valence-electron chi connectivity index (χ2n) is 4.66. The van der Waals surface area contributed by atoms with Gasteiger partial charge in [0.05, 0.1) is 22.0 Å². The van der Waals surface area contributed by atoms with E-state index in [1.165, 1.54) is 6.92 Å². The number of hydrazine groups is 1. The first-order valence-electron chi connectivity index (χ1n) is 6.15. The fourth-order valence-corrected chi connectivity index (χ4v) is 1.75. The van der Waals surface area contributed by atoms with Crippen LogP contribution in [0.25, 0.3) is 0 Å². The molecule has 0 unspecified atom stereocenters. The third kappa shape index (κ3) is 3.14. The van der Waals surface area contributed by atoms with E-state index in [0.29, 0.717) is 13.1 Å².